The Morgan fingerprint density at radius 2 is 1.73 bits per heavy atom. The largest absolute Gasteiger partial charge is 0.481 e. The van der Waals surface area contributed by atoms with Crippen LogP contribution in [0.1, 0.15) is 23.6 Å². The van der Waals surface area contributed by atoms with Crippen LogP contribution in [0.5, 0.6) is 5.75 Å². The summed E-state index contributed by atoms with van der Waals surface area (Å²) in [5, 5.41) is 3.44. The number of halogens is 1. The van der Waals surface area contributed by atoms with E-state index in [1.165, 1.54) is 0 Å². The van der Waals surface area contributed by atoms with Gasteiger partial charge in [-0.3, -0.25) is 4.79 Å². The summed E-state index contributed by atoms with van der Waals surface area (Å²) in [6, 6.07) is 11.3. The van der Waals surface area contributed by atoms with E-state index in [9.17, 15) is 4.79 Å². The van der Waals surface area contributed by atoms with Gasteiger partial charge in [-0.25, -0.2) is 0 Å². The highest BCUT2D eigenvalue weighted by Crippen LogP contribution is 2.21. The van der Waals surface area contributed by atoms with Gasteiger partial charge >= 0.3 is 0 Å². The summed E-state index contributed by atoms with van der Waals surface area (Å²) in [6.45, 7) is 7.65. The number of rotatable bonds is 4. The smallest absolute Gasteiger partial charge is 0.265 e. The fourth-order valence-electron chi connectivity index (χ4n) is 2.22. The van der Waals surface area contributed by atoms with E-state index >= 15 is 0 Å². The Labute approximate surface area is 136 Å². The molecule has 2 aromatic carbocycles. The topological polar surface area (TPSA) is 38.3 Å². The van der Waals surface area contributed by atoms with E-state index in [0.717, 1.165) is 16.7 Å². The number of anilines is 1. The van der Waals surface area contributed by atoms with Gasteiger partial charge in [0.15, 0.2) is 6.10 Å². The summed E-state index contributed by atoms with van der Waals surface area (Å²) in [6.07, 6.45) is -0.598. The molecule has 0 unspecified atom stereocenters. The van der Waals surface area contributed by atoms with Crippen LogP contribution in [-0.2, 0) is 4.79 Å². The summed E-state index contributed by atoms with van der Waals surface area (Å²) < 4.78 is 5.74. The van der Waals surface area contributed by atoms with E-state index in [2.05, 4.69) is 11.4 Å². The Balaban J connectivity index is 2.07. The molecule has 4 heteroatoms. The molecule has 0 aliphatic heterocycles. The van der Waals surface area contributed by atoms with E-state index in [0.29, 0.717) is 16.5 Å². The standard InChI is InChI=1S/C18H20ClNO2/c1-11-7-12(2)9-16(8-11)22-14(4)18(21)20-17-10-15(19)6-5-13(17)3/h5-10,14H,1-4H3,(H,20,21)/t14-/m0/s1. The van der Waals surface area contributed by atoms with E-state index in [1.807, 2.05) is 39.0 Å². The molecule has 2 aromatic rings. The number of hydrogen-bond acceptors (Lipinski definition) is 2. The van der Waals surface area contributed by atoms with Crippen molar-refractivity contribution >= 4 is 23.2 Å². The van der Waals surface area contributed by atoms with Crippen molar-refractivity contribution in [2.24, 2.45) is 0 Å². The van der Waals surface area contributed by atoms with Gasteiger partial charge in [-0.2, -0.15) is 0 Å². The Kier molecular flexibility index (Phi) is 5.09. The summed E-state index contributed by atoms with van der Waals surface area (Å²) in [4.78, 5) is 12.3. The first-order chi connectivity index (χ1) is 10.3. The third kappa shape index (κ3) is 4.25. The first-order valence-electron chi connectivity index (χ1n) is 7.17. The fraction of sp³-hybridized carbons (Fsp3) is 0.278. The van der Waals surface area contributed by atoms with Crippen molar-refractivity contribution < 1.29 is 9.53 Å². The molecule has 0 aliphatic rings. The molecule has 0 saturated carbocycles. The SMILES string of the molecule is Cc1cc(C)cc(O[C@@H](C)C(=O)Nc2cc(Cl)ccc2C)c1. The van der Waals surface area contributed by atoms with Gasteiger partial charge in [-0.1, -0.05) is 23.7 Å². The highest BCUT2D eigenvalue weighted by Gasteiger charge is 2.16. The molecule has 0 radical (unpaired) electrons. The van der Waals surface area contributed by atoms with Crippen molar-refractivity contribution in [1.82, 2.24) is 0 Å². The summed E-state index contributed by atoms with van der Waals surface area (Å²) in [5.74, 6) is 0.493. The number of ether oxygens (including phenoxy) is 1. The number of nitrogens with one attached hydrogen (secondary N) is 1. The van der Waals surface area contributed by atoms with Crippen molar-refractivity contribution in [1.29, 1.82) is 0 Å². The Morgan fingerprint density at radius 3 is 2.36 bits per heavy atom. The van der Waals surface area contributed by atoms with Crippen LogP contribution in [0.2, 0.25) is 5.02 Å². The van der Waals surface area contributed by atoms with Crippen LogP contribution in [0, 0.1) is 20.8 Å². The molecule has 0 fully saturated rings. The van der Waals surface area contributed by atoms with Crippen molar-refractivity contribution in [3.05, 3.63) is 58.1 Å². The Hall–Kier alpha value is -2.00. The Bertz CT molecular complexity index is 677. The lowest BCUT2D eigenvalue weighted by molar-refractivity contribution is -0.122. The lowest BCUT2D eigenvalue weighted by atomic mass is 10.1. The number of carbonyl (C=O) groups excluding carboxylic acids is 1. The Morgan fingerprint density at radius 1 is 1.09 bits per heavy atom. The zero-order valence-electron chi connectivity index (χ0n) is 13.2. The van der Waals surface area contributed by atoms with Gasteiger partial charge in [0.05, 0.1) is 0 Å². The number of amides is 1. The van der Waals surface area contributed by atoms with Crippen molar-refractivity contribution in [3.63, 3.8) is 0 Å². The van der Waals surface area contributed by atoms with Crippen LogP contribution < -0.4 is 10.1 Å². The molecule has 0 saturated heterocycles. The molecule has 0 aromatic heterocycles. The van der Waals surface area contributed by atoms with Crippen molar-refractivity contribution in [3.8, 4) is 5.75 Å². The number of aryl methyl sites for hydroxylation is 3. The second-order valence-corrected chi connectivity index (χ2v) is 5.97. The first kappa shape index (κ1) is 16.4. The fourth-order valence-corrected chi connectivity index (χ4v) is 2.39. The van der Waals surface area contributed by atoms with Gasteiger partial charge in [-0.15, -0.1) is 0 Å². The number of hydrogen-bond donors (Lipinski definition) is 1. The summed E-state index contributed by atoms with van der Waals surface area (Å²) in [7, 11) is 0. The normalized spacial score (nSPS) is 11.9. The zero-order valence-corrected chi connectivity index (χ0v) is 14.0. The molecule has 1 atom stereocenters. The van der Waals surface area contributed by atoms with Gasteiger partial charge in [-0.05, 0) is 68.7 Å². The molecule has 22 heavy (non-hydrogen) atoms. The lowest BCUT2D eigenvalue weighted by Gasteiger charge is -2.16. The maximum atomic E-state index is 12.3. The second kappa shape index (κ2) is 6.84. The van der Waals surface area contributed by atoms with Crippen molar-refractivity contribution in [2.45, 2.75) is 33.8 Å². The van der Waals surface area contributed by atoms with E-state index < -0.39 is 6.10 Å². The molecule has 0 aliphatic carbocycles. The molecule has 1 amide bonds. The molecule has 0 bridgehead atoms. The van der Waals surface area contributed by atoms with Crippen LogP contribution in [0.3, 0.4) is 0 Å². The maximum Gasteiger partial charge on any atom is 0.265 e. The average molecular weight is 318 g/mol. The van der Waals surface area contributed by atoms with Crippen molar-refractivity contribution in [2.75, 3.05) is 5.32 Å². The third-order valence-corrected chi connectivity index (χ3v) is 3.57. The molecular weight excluding hydrogens is 298 g/mol. The second-order valence-electron chi connectivity index (χ2n) is 5.53. The summed E-state index contributed by atoms with van der Waals surface area (Å²) in [5.41, 5.74) is 3.87. The quantitative estimate of drug-likeness (QED) is 0.889. The van der Waals surface area contributed by atoms with Gasteiger partial charge in [0.25, 0.3) is 5.91 Å². The average Bonchev–Trinajstić information content (AvgIpc) is 2.41. The molecule has 0 spiro atoms. The highest BCUT2D eigenvalue weighted by molar-refractivity contribution is 6.31. The van der Waals surface area contributed by atoms with Gasteiger partial charge in [0.1, 0.15) is 5.75 Å². The zero-order chi connectivity index (χ0) is 16.3. The highest BCUT2D eigenvalue weighted by atomic mass is 35.5. The number of carbonyl (C=O) groups is 1. The van der Waals surface area contributed by atoms with Gasteiger partial charge in [0.2, 0.25) is 0 Å². The van der Waals surface area contributed by atoms with Crippen LogP contribution in [-0.4, -0.2) is 12.0 Å². The molecule has 116 valence electrons. The van der Waals surface area contributed by atoms with E-state index in [4.69, 9.17) is 16.3 Å². The monoisotopic (exact) mass is 317 g/mol. The third-order valence-electron chi connectivity index (χ3n) is 3.33. The lowest BCUT2D eigenvalue weighted by Crippen LogP contribution is -2.30. The van der Waals surface area contributed by atoms with Crippen LogP contribution in [0.25, 0.3) is 0 Å². The van der Waals surface area contributed by atoms with Gasteiger partial charge < -0.3 is 10.1 Å². The van der Waals surface area contributed by atoms with Crippen LogP contribution in [0.4, 0.5) is 5.69 Å². The van der Waals surface area contributed by atoms with E-state index in [1.54, 1.807) is 19.1 Å². The molecule has 2 rings (SSSR count). The molecule has 3 nitrogen and oxygen atoms in total. The maximum absolute atomic E-state index is 12.3. The molecular formula is C18H20ClNO2. The minimum atomic E-state index is -0.598. The predicted molar refractivity (Wildman–Crippen MR) is 90.8 cm³/mol. The molecule has 0 heterocycles. The first-order valence-corrected chi connectivity index (χ1v) is 7.55. The summed E-state index contributed by atoms with van der Waals surface area (Å²) >= 11 is 5.96. The minimum Gasteiger partial charge on any atom is -0.481 e. The van der Waals surface area contributed by atoms with Crippen LogP contribution in [0.15, 0.2) is 36.4 Å². The number of benzene rings is 2. The predicted octanol–water partition coefficient (Wildman–Crippen LogP) is 4.67. The molecule has 1 N–H and O–H groups in total. The van der Waals surface area contributed by atoms with Gasteiger partial charge in [0, 0.05) is 10.7 Å². The minimum absolute atomic E-state index is 0.204. The van der Waals surface area contributed by atoms with E-state index in [-0.39, 0.29) is 5.91 Å². The van der Waals surface area contributed by atoms with Crippen LogP contribution >= 0.6 is 11.6 Å².